The summed E-state index contributed by atoms with van der Waals surface area (Å²) < 4.78 is 53.0. The molecule has 0 amide bonds. The number of hydrogen-bond donors (Lipinski definition) is 0. The Morgan fingerprint density at radius 3 is 2.04 bits per heavy atom. The van der Waals surface area contributed by atoms with Gasteiger partial charge in [-0.05, 0) is 91.7 Å². The molecule has 0 aliphatic carbocycles. The van der Waals surface area contributed by atoms with E-state index in [1.54, 1.807) is 47.4 Å². The van der Waals surface area contributed by atoms with Gasteiger partial charge >= 0.3 is 11.9 Å². The zero-order valence-electron chi connectivity index (χ0n) is 31.2. The molecule has 0 bridgehead atoms. The molecule has 7 rings (SSSR count). The van der Waals surface area contributed by atoms with Crippen LogP contribution >= 0.6 is 15.9 Å². The fourth-order valence-electron chi connectivity index (χ4n) is 6.84. The van der Waals surface area contributed by atoms with E-state index < -0.39 is 17.2 Å². The van der Waals surface area contributed by atoms with Gasteiger partial charge in [-0.3, -0.25) is 0 Å². The van der Waals surface area contributed by atoms with Gasteiger partial charge in [-0.25, -0.2) is 28.0 Å². The molecule has 4 aromatic carbocycles. The quantitative estimate of drug-likeness (QED) is 0.134. The van der Waals surface area contributed by atoms with Crippen LogP contribution in [0.5, 0.6) is 5.75 Å². The van der Waals surface area contributed by atoms with Crippen LogP contribution in [0.25, 0.3) is 0 Å². The van der Waals surface area contributed by atoms with E-state index in [1.165, 1.54) is 32.7 Å². The summed E-state index contributed by atoms with van der Waals surface area (Å²) in [6.07, 6.45) is 3.47. The van der Waals surface area contributed by atoms with Gasteiger partial charge in [0.2, 0.25) is 0 Å². The summed E-state index contributed by atoms with van der Waals surface area (Å²) in [5, 5.41) is 4.18. The molecule has 2 aliphatic rings. The number of anilines is 2. The summed E-state index contributed by atoms with van der Waals surface area (Å²) in [6.45, 7) is 6.52. The molecule has 2 saturated heterocycles. The number of halogens is 3. The average molecular weight is 870 g/mol. The Bertz CT molecular complexity index is 2070. The Hall–Kier alpha value is -4.76. The van der Waals surface area contributed by atoms with E-state index in [-0.39, 0.29) is 43.0 Å². The molecular weight excluding hydrogens is 827 g/mol. The average Bonchev–Trinajstić information content (AvgIpc) is 3.88. The molecular formula is C41H42BrF2N5O6V. The van der Waals surface area contributed by atoms with Crippen molar-refractivity contribution < 1.29 is 55.9 Å². The molecule has 2 atom stereocenters. The minimum Gasteiger partial charge on any atom is -0.493 e. The van der Waals surface area contributed by atoms with E-state index in [0.29, 0.717) is 36.3 Å². The minimum atomic E-state index is -1.01. The topological polar surface area (TPSA) is 108 Å². The standard InChI is InChI=1S/C33H35F2N5O4.C8H7BrO2.V/c1-23-15-28(39-13-11-38(12-14-39)27-6-3-25(4-7-27)32(41)42-2)8-10-31(23)43-18-24-17-33(44-19-24,20-40-22-36-21-37-40)29-9-5-26(34)16-30(29)35;1-11-8(10)6-2-4-7(9)5-3-6;/h3-10,15-16,21-22,24H,11-14,17-20H2,1-2H3;2-5H,1H3;/t24-,33+;;/m1../s1. The molecule has 293 valence electrons. The third-order valence-electron chi connectivity index (χ3n) is 9.72. The van der Waals surface area contributed by atoms with E-state index in [2.05, 4.69) is 52.7 Å². The van der Waals surface area contributed by atoms with Gasteiger partial charge in [-0.2, -0.15) is 5.10 Å². The molecule has 11 nitrogen and oxygen atoms in total. The Morgan fingerprint density at radius 2 is 1.46 bits per heavy atom. The molecule has 0 spiro atoms. The summed E-state index contributed by atoms with van der Waals surface area (Å²) in [7, 11) is 2.75. The van der Waals surface area contributed by atoms with Crippen molar-refractivity contribution in [2.75, 3.05) is 63.4 Å². The SMILES string of the molecule is COC(=O)c1ccc(Br)cc1.COC(=O)c1ccc(N2CCN(c3ccc(OC[C@@H]4CO[C@@](Cn5cncn5)(c5ccc(F)cc5F)C4)c(C)c3)CC2)cc1.[V]. The van der Waals surface area contributed by atoms with Gasteiger partial charge in [-0.15, -0.1) is 0 Å². The van der Waals surface area contributed by atoms with Crippen LogP contribution in [0.1, 0.15) is 38.3 Å². The third-order valence-corrected chi connectivity index (χ3v) is 10.2. The number of carbonyl (C=O) groups excluding carboxylic acids is 2. The van der Waals surface area contributed by atoms with Gasteiger partial charge in [0.15, 0.2) is 0 Å². The first-order valence-corrected chi connectivity index (χ1v) is 18.5. The van der Waals surface area contributed by atoms with Crippen molar-refractivity contribution in [3.8, 4) is 5.75 Å². The number of methoxy groups -OCH3 is 2. The van der Waals surface area contributed by atoms with Crippen molar-refractivity contribution in [2.24, 2.45) is 5.92 Å². The second-order valence-corrected chi connectivity index (χ2v) is 14.3. The number of ether oxygens (including phenoxy) is 4. The maximum Gasteiger partial charge on any atom is 0.337 e. The number of carbonyl (C=O) groups is 2. The van der Waals surface area contributed by atoms with Crippen LogP contribution in [0.3, 0.4) is 0 Å². The zero-order valence-corrected chi connectivity index (χ0v) is 34.2. The van der Waals surface area contributed by atoms with Crippen molar-refractivity contribution >= 4 is 39.2 Å². The normalized spacial score (nSPS) is 17.6. The molecule has 0 saturated carbocycles. The van der Waals surface area contributed by atoms with Crippen molar-refractivity contribution in [3.05, 3.63) is 136 Å². The fourth-order valence-corrected chi connectivity index (χ4v) is 7.10. The van der Waals surface area contributed by atoms with Gasteiger partial charge in [-0.1, -0.05) is 22.0 Å². The number of esters is 2. The van der Waals surface area contributed by atoms with Crippen LogP contribution < -0.4 is 14.5 Å². The van der Waals surface area contributed by atoms with Crippen LogP contribution in [-0.4, -0.2) is 80.3 Å². The first-order chi connectivity index (χ1) is 26.6. The van der Waals surface area contributed by atoms with Gasteiger partial charge in [0.05, 0.1) is 45.1 Å². The van der Waals surface area contributed by atoms with Crippen LogP contribution in [0.4, 0.5) is 20.2 Å². The van der Waals surface area contributed by atoms with Crippen molar-refractivity contribution in [1.29, 1.82) is 0 Å². The number of aryl methyl sites for hydroxylation is 1. The van der Waals surface area contributed by atoms with Gasteiger partial charge < -0.3 is 28.7 Å². The number of nitrogens with zero attached hydrogens (tertiary/aromatic N) is 5. The van der Waals surface area contributed by atoms with Crippen molar-refractivity contribution in [2.45, 2.75) is 25.5 Å². The molecule has 2 aliphatic heterocycles. The number of aromatic nitrogens is 3. The molecule has 3 heterocycles. The number of benzene rings is 4. The summed E-state index contributed by atoms with van der Waals surface area (Å²) in [5.74, 6) is -1.13. The summed E-state index contributed by atoms with van der Waals surface area (Å²) in [5.41, 5.74) is 3.65. The van der Waals surface area contributed by atoms with Crippen molar-refractivity contribution in [3.63, 3.8) is 0 Å². The largest absolute Gasteiger partial charge is 0.493 e. The smallest absolute Gasteiger partial charge is 0.337 e. The molecule has 1 radical (unpaired) electrons. The Morgan fingerprint density at radius 1 is 0.857 bits per heavy atom. The van der Waals surface area contributed by atoms with Gasteiger partial charge in [0.1, 0.15) is 35.6 Å². The number of piperazine rings is 1. The monoisotopic (exact) mass is 868 g/mol. The maximum atomic E-state index is 14.9. The Kier molecular flexibility index (Phi) is 14.7. The van der Waals surface area contributed by atoms with E-state index >= 15 is 0 Å². The molecule has 1 aromatic heterocycles. The molecule has 0 unspecified atom stereocenters. The molecule has 15 heteroatoms. The zero-order chi connectivity index (χ0) is 39.0. The maximum absolute atomic E-state index is 14.9. The Labute approximate surface area is 344 Å². The van der Waals surface area contributed by atoms with Crippen LogP contribution in [0, 0.1) is 24.5 Å². The molecule has 5 aromatic rings. The van der Waals surface area contributed by atoms with Gasteiger partial charge in [0, 0.05) is 78.1 Å². The van der Waals surface area contributed by atoms with E-state index in [4.69, 9.17) is 14.2 Å². The van der Waals surface area contributed by atoms with Crippen LogP contribution in [-0.2, 0) is 44.9 Å². The van der Waals surface area contributed by atoms with E-state index in [1.807, 2.05) is 25.1 Å². The third kappa shape index (κ3) is 10.3. The van der Waals surface area contributed by atoms with Gasteiger partial charge in [0.25, 0.3) is 0 Å². The summed E-state index contributed by atoms with van der Waals surface area (Å²) >= 11 is 3.26. The number of hydrogen-bond acceptors (Lipinski definition) is 10. The predicted molar refractivity (Wildman–Crippen MR) is 206 cm³/mol. The summed E-state index contributed by atoms with van der Waals surface area (Å²) in [6, 6.07) is 24.3. The Balaban J connectivity index is 0.000000433. The second-order valence-electron chi connectivity index (χ2n) is 13.4. The van der Waals surface area contributed by atoms with E-state index in [9.17, 15) is 18.4 Å². The minimum absolute atomic E-state index is 0. The van der Waals surface area contributed by atoms with Crippen LogP contribution in [0.2, 0.25) is 0 Å². The molecule has 0 N–H and O–H groups in total. The van der Waals surface area contributed by atoms with Crippen molar-refractivity contribution in [1.82, 2.24) is 14.8 Å². The first-order valence-electron chi connectivity index (χ1n) is 17.7. The first kappa shape index (κ1) is 42.4. The summed E-state index contributed by atoms with van der Waals surface area (Å²) in [4.78, 5) is 31.3. The second kappa shape index (κ2) is 19.4. The molecule has 56 heavy (non-hydrogen) atoms. The fraction of sp³-hybridized carbons (Fsp3) is 0.317. The molecule has 2 fully saturated rings. The number of rotatable bonds is 10. The van der Waals surface area contributed by atoms with Crippen LogP contribution in [0.15, 0.2) is 102 Å². The van der Waals surface area contributed by atoms with E-state index in [0.717, 1.165) is 59.4 Å². The predicted octanol–water partition coefficient (Wildman–Crippen LogP) is 7.22.